The third-order valence-corrected chi connectivity index (χ3v) is 4.19. The SMILES string of the molecule is CCC1(CC)CCN(c2ccnc(NN)c2)C1. The van der Waals surface area contributed by atoms with Crippen molar-refractivity contribution in [2.24, 2.45) is 11.3 Å². The van der Waals surface area contributed by atoms with Crippen LogP contribution in [0.3, 0.4) is 0 Å². The summed E-state index contributed by atoms with van der Waals surface area (Å²) in [4.78, 5) is 6.58. The quantitative estimate of drug-likeness (QED) is 0.620. The lowest BCUT2D eigenvalue weighted by Crippen LogP contribution is -2.26. The third-order valence-electron chi connectivity index (χ3n) is 4.19. The van der Waals surface area contributed by atoms with Gasteiger partial charge in [-0.1, -0.05) is 13.8 Å². The maximum absolute atomic E-state index is 5.39. The lowest BCUT2D eigenvalue weighted by Gasteiger charge is -2.27. The molecule has 0 aromatic carbocycles. The number of nitrogens with one attached hydrogen (secondary N) is 1. The Morgan fingerprint density at radius 2 is 2.24 bits per heavy atom. The smallest absolute Gasteiger partial charge is 0.141 e. The topological polar surface area (TPSA) is 54.2 Å². The first-order valence-electron chi connectivity index (χ1n) is 6.40. The molecule has 0 atom stereocenters. The van der Waals surface area contributed by atoms with Gasteiger partial charge in [0.1, 0.15) is 5.82 Å². The molecule has 4 nitrogen and oxygen atoms in total. The van der Waals surface area contributed by atoms with Gasteiger partial charge in [0.15, 0.2) is 0 Å². The molecule has 1 saturated heterocycles. The van der Waals surface area contributed by atoms with E-state index in [9.17, 15) is 0 Å². The largest absolute Gasteiger partial charge is 0.371 e. The van der Waals surface area contributed by atoms with Crippen LogP contribution in [0.4, 0.5) is 11.5 Å². The van der Waals surface area contributed by atoms with Crippen LogP contribution in [0.5, 0.6) is 0 Å². The summed E-state index contributed by atoms with van der Waals surface area (Å²) < 4.78 is 0. The molecule has 1 aliphatic heterocycles. The molecule has 1 fully saturated rings. The van der Waals surface area contributed by atoms with Crippen LogP contribution >= 0.6 is 0 Å². The normalized spacial score (nSPS) is 18.4. The molecule has 0 amide bonds. The minimum Gasteiger partial charge on any atom is -0.371 e. The standard InChI is InChI=1S/C13H22N4/c1-3-13(4-2)6-8-17(10-13)11-5-7-15-12(9-11)16-14/h5,7,9H,3-4,6,8,10,14H2,1-2H3,(H,15,16). The van der Waals surface area contributed by atoms with Crippen molar-refractivity contribution >= 4 is 11.5 Å². The van der Waals surface area contributed by atoms with Gasteiger partial charge in [-0.05, 0) is 30.7 Å². The van der Waals surface area contributed by atoms with Crippen LogP contribution in [0.1, 0.15) is 33.1 Å². The lowest BCUT2D eigenvalue weighted by molar-refractivity contribution is 0.301. The van der Waals surface area contributed by atoms with Crippen LogP contribution in [0, 0.1) is 5.41 Å². The van der Waals surface area contributed by atoms with Gasteiger partial charge in [0.05, 0.1) is 0 Å². The first kappa shape index (κ1) is 12.2. The Labute approximate surface area is 103 Å². The van der Waals surface area contributed by atoms with Crippen LogP contribution in [0.2, 0.25) is 0 Å². The number of hydrogen-bond donors (Lipinski definition) is 2. The zero-order valence-corrected chi connectivity index (χ0v) is 10.7. The Bertz CT molecular complexity index is 373. The number of anilines is 2. The molecule has 2 heterocycles. The van der Waals surface area contributed by atoms with Gasteiger partial charge in [0.2, 0.25) is 0 Å². The second kappa shape index (κ2) is 4.92. The van der Waals surface area contributed by atoms with Crippen molar-refractivity contribution in [3.63, 3.8) is 0 Å². The van der Waals surface area contributed by atoms with Gasteiger partial charge >= 0.3 is 0 Å². The monoisotopic (exact) mass is 234 g/mol. The number of nitrogen functional groups attached to an aromatic ring is 1. The zero-order valence-electron chi connectivity index (χ0n) is 10.7. The van der Waals surface area contributed by atoms with Crippen molar-refractivity contribution in [1.29, 1.82) is 0 Å². The van der Waals surface area contributed by atoms with Crippen LogP contribution < -0.4 is 16.2 Å². The van der Waals surface area contributed by atoms with E-state index < -0.39 is 0 Å². The third kappa shape index (κ3) is 2.36. The zero-order chi connectivity index (χ0) is 12.3. The number of rotatable bonds is 4. The van der Waals surface area contributed by atoms with Gasteiger partial charge in [-0.2, -0.15) is 0 Å². The molecule has 0 radical (unpaired) electrons. The summed E-state index contributed by atoms with van der Waals surface area (Å²) in [5.41, 5.74) is 4.32. The van der Waals surface area contributed by atoms with Gasteiger partial charge in [-0.15, -0.1) is 0 Å². The Kier molecular flexibility index (Phi) is 3.52. The molecule has 0 aliphatic carbocycles. The predicted molar refractivity (Wildman–Crippen MR) is 71.9 cm³/mol. The molecule has 17 heavy (non-hydrogen) atoms. The minimum absolute atomic E-state index is 0.500. The molecule has 1 aliphatic rings. The number of nitrogens with two attached hydrogens (primary N) is 1. The molecule has 4 heteroatoms. The maximum atomic E-state index is 5.39. The number of nitrogens with zero attached hydrogens (tertiary/aromatic N) is 2. The molecule has 94 valence electrons. The number of pyridine rings is 1. The van der Waals surface area contributed by atoms with Gasteiger partial charge < -0.3 is 10.3 Å². The molecule has 1 aromatic heterocycles. The van der Waals surface area contributed by atoms with Crippen molar-refractivity contribution in [1.82, 2.24) is 4.98 Å². The van der Waals surface area contributed by atoms with E-state index in [1.54, 1.807) is 0 Å². The maximum Gasteiger partial charge on any atom is 0.141 e. The summed E-state index contributed by atoms with van der Waals surface area (Å²) in [5.74, 6) is 6.12. The van der Waals surface area contributed by atoms with Gasteiger partial charge in [0, 0.05) is 31.0 Å². The number of hydrogen-bond acceptors (Lipinski definition) is 4. The summed E-state index contributed by atoms with van der Waals surface area (Å²) in [6, 6.07) is 4.07. The summed E-state index contributed by atoms with van der Waals surface area (Å²) in [5, 5.41) is 0. The first-order chi connectivity index (χ1) is 8.23. The lowest BCUT2D eigenvalue weighted by atomic mass is 9.82. The molecule has 0 bridgehead atoms. The summed E-state index contributed by atoms with van der Waals surface area (Å²) in [7, 11) is 0. The van der Waals surface area contributed by atoms with Crippen molar-refractivity contribution in [3.8, 4) is 0 Å². The fraction of sp³-hybridized carbons (Fsp3) is 0.615. The molecular weight excluding hydrogens is 212 g/mol. The first-order valence-corrected chi connectivity index (χ1v) is 6.40. The van der Waals surface area contributed by atoms with Gasteiger partial charge in [0.25, 0.3) is 0 Å². The van der Waals surface area contributed by atoms with E-state index in [4.69, 9.17) is 5.84 Å². The van der Waals surface area contributed by atoms with Crippen LogP contribution in [-0.2, 0) is 0 Å². The van der Waals surface area contributed by atoms with Gasteiger partial charge in [-0.3, -0.25) is 0 Å². The van der Waals surface area contributed by atoms with Crippen LogP contribution in [-0.4, -0.2) is 18.1 Å². The predicted octanol–water partition coefficient (Wildman–Crippen LogP) is 2.38. The Morgan fingerprint density at radius 1 is 1.47 bits per heavy atom. The number of hydrazine groups is 1. The second-order valence-electron chi connectivity index (χ2n) is 4.92. The fourth-order valence-corrected chi connectivity index (χ4v) is 2.68. The van der Waals surface area contributed by atoms with E-state index in [1.807, 2.05) is 12.3 Å². The molecule has 2 rings (SSSR count). The molecule has 0 saturated carbocycles. The molecule has 0 spiro atoms. The highest BCUT2D eigenvalue weighted by atomic mass is 15.3. The molecule has 3 N–H and O–H groups in total. The van der Waals surface area contributed by atoms with E-state index in [0.717, 1.165) is 18.9 Å². The molecular formula is C13H22N4. The number of aromatic nitrogens is 1. The van der Waals surface area contributed by atoms with Crippen LogP contribution in [0.15, 0.2) is 18.3 Å². The Morgan fingerprint density at radius 3 is 2.82 bits per heavy atom. The van der Waals surface area contributed by atoms with Crippen molar-refractivity contribution < 1.29 is 0 Å². The fourth-order valence-electron chi connectivity index (χ4n) is 2.68. The highest BCUT2D eigenvalue weighted by molar-refractivity contribution is 5.54. The Balaban J connectivity index is 2.14. The molecule has 0 unspecified atom stereocenters. The van der Waals surface area contributed by atoms with E-state index in [2.05, 4.69) is 35.2 Å². The van der Waals surface area contributed by atoms with Crippen molar-refractivity contribution in [2.45, 2.75) is 33.1 Å². The van der Waals surface area contributed by atoms with E-state index in [0.29, 0.717) is 5.41 Å². The highest BCUT2D eigenvalue weighted by Crippen LogP contribution is 2.39. The highest BCUT2D eigenvalue weighted by Gasteiger charge is 2.34. The molecule has 1 aromatic rings. The van der Waals surface area contributed by atoms with E-state index in [1.165, 1.54) is 24.9 Å². The minimum atomic E-state index is 0.500. The van der Waals surface area contributed by atoms with Gasteiger partial charge in [-0.25, -0.2) is 10.8 Å². The summed E-state index contributed by atoms with van der Waals surface area (Å²) in [6.45, 7) is 6.88. The van der Waals surface area contributed by atoms with Crippen molar-refractivity contribution in [2.75, 3.05) is 23.4 Å². The van der Waals surface area contributed by atoms with E-state index >= 15 is 0 Å². The Hall–Kier alpha value is -1.29. The second-order valence-corrected chi connectivity index (χ2v) is 4.92. The van der Waals surface area contributed by atoms with Crippen LogP contribution in [0.25, 0.3) is 0 Å². The summed E-state index contributed by atoms with van der Waals surface area (Å²) in [6.07, 6.45) is 5.61. The average Bonchev–Trinajstić information content (AvgIpc) is 2.84. The van der Waals surface area contributed by atoms with E-state index in [-0.39, 0.29) is 0 Å². The average molecular weight is 234 g/mol. The summed E-state index contributed by atoms with van der Waals surface area (Å²) >= 11 is 0. The van der Waals surface area contributed by atoms with Crippen molar-refractivity contribution in [3.05, 3.63) is 18.3 Å².